The first kappa shape index (κ1) is 21.9. The summed E-state index contributed by atoms with van der Waals surface area (Å²) in [5.41, 5.74) is 1.10. The molecule has 2 amide bonds. The number of para-hydroxylation sites is 1. The van der Waals surface area contributed by atoms with Gasteiger partial charge in [0, 0.05) is 12.1 Å². The van der Waals surface area contributed by atoms with E-state index in [-0.39, 0.29) is 10.7 Å². The van der Waals surface area contributed by atoms with Crippen LogP contribution in [0.2, 0.25) is 5.02 Å². The quantitative estimate of drug-likeness (QED) is 0.305. The minimum atomic E-state index is -1.10. The van der Waals surface area contributed by atoms with Crippen LogP contribution < -0.4 is 14.7 Å². The number of nitro groups is 1. The Kier molecular flexibility index (Phi) is 5.43. The molecule has 0 saturated carbocycles. The summed E-state index contributed by atoms with van der Waals surface area (Å²) in [5, 5.41) is 13.0. The van der Waals surface area contributed by atoms with Crippen molar-refractivity contribution in [2.24, 2.45) is 5.92 Å². The first-order chi connectivity index (χ1) is 16.4. The fraction of sp³-hybridized carbons (Fsp3) is 0.167. The number of carbonyl (C=O) groups excluding carboxylic acids is 2. The minimum absolute atomic E-state index is 0.0256. The predicted octanol–water partition coefficient (Wildman–Crippen LogP) is 4.31. The Morgan fingerprint density at radius 3 is 2.41 bits per heavy atom. The Bertz CT molecular complexity index is 1300. The highest BCUT2D eigenvalue weighted by Gasteiger charge is 2.60. The largest absolute Gasteiger partial charge is 0.497 e. The van der Waals surface area contributed by atoms with Gasteiger partial charge in [-0.25, -0.2) is 9.96 Å². The van der Waals surface area contributed by atoms with Crippen molar-refractivity contribution < 1.29 is 24.1 Å². The summed E-state index contributed by atoms with van der Waals surface area (Å²) in [4.78, 5) is 45.1. The van der Waals surface area contributed by atoms with Crippen molar-refractivity contribution in [3.8, 4) is 5.75 Å². The molecule has 0 radical (unpaired) electrons. The molecular weight excluding hydrogens is 462 g/mol. The van der Waals surface area contributed by atoms with Gasteiger partial charge in [0.05, 0.1) is 29.4 Å². The molecule has 172 valence electrons. The molecule has 5 rings (SSSR count). The van der Waals surface area contributed by atoms with Gasteiger partial charge >= 0.3 is 0 Å². The Hall–Kier alpha value is -3.95. The second-order valence-corrected chi connectivity index (χ2v) is 8.25. The van der Waals surface area contributed by atoms with E-state index >= 15 is 0 Å². The van der Waals surface area contributed by atoms with E-state index in [1.54, 1.807) is 54.6 Å². The van der Waals surface area contributed by atoms with Gasteiger partial charge < -0.3 is 4.74 Å². The third kappa shape index (κ3) is 3.46. The van der Waals surface area contributed by atoms with Gasteiger partial charge in [0.2, 0.25) is 5.91 Å². The second-order valence-electron chi connectivity index (χ2n) is 7.84. The molecule has 3 aromatic carbocycles. The maximum atomic E-state index is 13.6. The van der Waals surface area contributed by atoms with Gasteiger partial charge in [0.15, 0.2) is 6.10 Å². The lowest BCUT2D eigenvalue weighted by Crippen LogP contribution is -2.37. The van der Waals surface area contributed by atoms with Crippen LogP contribution in [0.3, 0.4) is 0 Å². The second kappa shape index (κ2) is 8.44. The third-order valence-corrected chi connectivity index (χ3v) is 6.27. The summed E-state index contributed by atoms with van der Waals surface area (Å²) >= 11 is 6.02. The van der Waals surface area contributed by atoms with Crippen molar-refractivity contribution in [2.45, 2.75) is 12.1 Å². The van der Waals surface area contributed by atoms with Gasteiger partial charge in [-0.05, 0) is 35.9 Å². The summed E-state index contributed by atoms with van der Waals surface area (Å²) < 4.78 is 5.23. The van der Waals surface area contributed by atoms with Crippen LogP contribution in [0.5, 0.6) is 5.75 Å². The van der Waals surface area contributed by atoms with Crippen LogP contribution in [0, 0.1) is 16.0 Å². The third-order valence-electron chi connectivity index (χ3n) is 5.95. The van der Waals surface area contributed by atoms with E-state index in [0.717, 1.165) is 4.90 Å². The van der Waals surface area contributed by atoms with Gasteiger partial charge in [-0.2, -0.15) is 0 Å². The minimum Gasteiger partial charge on any atom is -0.497 e. The van der Waals surface area contributed by atoms with Gasteiger partial charge in [0.25, 0.3) is 11.6 Å². The number of nitrogens with zero attached hydrogens (tertiary/aromatic N) is 3. The molecule has 2 fully saturated rings. The molecule has 2 aliphatic heterocycles. The Balaban J connectivity index is 1.61. The van der Waals surface area contributed by atoms with Crippen molar-refractivity contribution in [1.29, 1.82) is 0 Å². The van der Waals surface area contributed by atoms with E-state index < -0.39 is 34.8 Å². The first-order valence-corrected chi connectivity index (χ1v) is 10.8. The van der Waals surface area contributed by atoms with Crippen molar-refractivity contribution >= 4 is 40.5 Å². The smallest absolute Gasteiger partial charge is 0.288 e. The zero-order valence-corrected chi connectivity index (χ0v) is 18.6. The molecule has 2 aliphatic rings. The molecular formula is C24H18ClN3O6. The van der Waals surface area contributed by atoms with Crippen LogP contribution in [0.15, 0.2) is 72.8 Å². The van der Waals surface area contributed by atoms with Crippen LogP contribution in [0.1, 0.15) is 11.6 Å². The number of benzene rings is 3. The number of fused-ring (bicyclic) bond motifs is 1. The zero-order chi connectivity index (χ0) is 24.0. The molecule has 0 aromatic heterocycles. The number of amides is 2. The highest BCUT2D eigenvalue weighted by Crippen LogP contribution is 2.48. The van der Waals surface area contributed by atoms with E-state index in [2.05, 4.69) is 0 Å². The predicted molar refractivity (Wildman–Crippen MR) is 124 cm³/mol. The summed E-state index contributed by atoms with van der Waals surface area (Å²) in [5.74, 6) is -1.43. The first-order valence-electron chi connectivity index (χ1n) is 10.4. The topological polar surface area (TPSA) is 102 Å². The molecule has 0 aliphatic carbocycles. The number of imide groups is 1. The van der Waals surface area contributed by atoms with Crippen LogP contribution in [0.4, 0.5) is 17.1 Å². The van der Waals surface area contributed by atoms with E-state index in [0.29, 0.717) is 22.7 Å². The molecule has 0 spiro atoms. The molecule has 0 unspecified atom stereocenters. The normalized spacial score (nSPS) is 21.6. The summed E-state index contributed by atoms with van der Waals surface area (Å²) in [6.07, 6.45) is -1.10. The number of rotatable bonds is 5. The number of methoxy groups -OCH3 is 1. The molecule has 2 saturated heterocycles. The number of carbonyl (C=O) groups is 2. The fourth-order valence-corrected chi connectivity index (χ4v) is 4.60. The molecule has 2 heterocycles. The van der Waals surface area contributed by atoms with Gasteiger partial charge in [-0.15, -0.1) is 0 Å². The molecule has 3 atom stereocenters. The molecule has 0 bridgehead atoms. The monoisotopic (exact) mass is 479 g/mol. The lowest BCUT2D eigenvalue weighted by atomic mass is 9.90. The summed E-state index contributed by atoms with van der Waals surface area (Å²) in [6, 6.07) is 19.1. The summed E-state index contributed by atoms with van der Waals surface area (Å²) in [7, 11) is 1.49. The molecule has 34 heavy (non-hydrogen) atoms. The number of anilines is 2. The lowest BCUT2D eigenvalue weighted by Gasteiger charge is -2.28. The van der Waals surface area contributed by atoms with Crippen molar-refractivity contribution in [1.82, 2.24) is 0 Å². The number of ether oxygens (including phenoxy) is 1. The maximum Gasteiger partial charge on any atom is 0.288 e. The van der Waals surface area contributed by atoms with Crippen LogP contribution in [0.25, 0.3) is 0 Å². The van der Waals surface area contributed by atoms with Crippen molar-refractivity contribution in [3.63, 3.8) is 0 Å². The standard InChI is InChI=1S/C24H18ClN3O6/c1-33-17-9-5-8-16(13-17)26-23(29)20-21(14-10-11-18(25)19(12-14)28(31)32)27(34-22(20)24(26)30)15-6-3-2-4-7-15/h2-13,20-22H,1H3/t20-,21-,22+/m1/s1. The number of hydrogen-bond acceptors (Lipinski definition) is 7. The highest BCUT2D eigenvalue weighted by molar-refractivity contribution is 6.32. The van der Waals surface area contributed by atoms with Crippen LogP contribution >= 0.6 is 11.6 Å². The molecule has 3 aromatic rings. The average Bonchev–Trinajstić information content (AvgIpc) is 3.35. The van der Waals surface area contributed by atoms with Gasteiger partial charge in [0.1, 0.15) is 16.7 Å². The molecule has 9 nitrogen and oxygen atoms in total. The molecule has 10 heteroatoms. The number of halogens is 1. The van der Waals surface area contributed by atoms with Crippen LogP contribution in [-0.4, -0.2) is 30.0 Å². The van der Waals surface area contributed by atoms with E-state index in [1.807, 2.05) is 6.07 Å². The van der Waals surface area contributed by atoms with Crippen molar-refractivity contribution in [2.75, 3.05) is 17.1 Å². The van der Waals surface area contributed by atoms with Gasteiger partial charge in [-0.3, -0.25) is 24.5 Å². The highest BCUT2D eigenvalue weighted by atomic mass is 35.5. The fourth-order valence-electron chi connectivity index (χ4n) is 4.41. The van der Waals surface area contributed by atoms with E-state index in [1.165, 1.54) is 24.3 Å². The van der Waals surface area contributed by atoms with Crippen LogP contribution in [-0.2, 0) is 14.4 Å². The molecule has 0 N–H and O–H groups in total. The SMILES string of the molecule is COc1cccc(N2C(=O)[C@H]3[C@H](ON(c4ccccc4)[C@@H]3c3ccc(Cl)c([N+](=O)[O-])c3)C2=O)c1. The van der Waals surface area contributed by atoms with Crippen molar-refractivity contribution in [3.05, 3.63) is 93.5 Å². The Morgan fingerprint density at radius 2 is 1.71 bits per heavy atom. The van der Waals surface area contributed by atoms with Gasteiger partial charge in [-0.1, -0.05) is 41.9 Å². The Morgan fingerprint density at radius 1 is 0.971 bits per heavy atom. The van der Waals surface area contributed by atoms with E-state index in [9.17, 15) is 19.7 Å². The summed E-state index contributed by atoms with van der Waals surface area (Å²) in [6.45, 7) is 0. The average molecular weight is 480 g/mol. The lowest BCUT2D eigenvalue weighted by molar-refractivity contribution is -0.384. The zero-order valence-electron chi connectivity index (χ0n) is 17.8. The van der Waals surface area contributed by atoms with E-state index in [4.69, 9.17) is 21.2 Å². The Labute approximate surface area is 199 Å². The number of nitro benzene ring substituents is 1. The maximum absolute atomic E-state index is 13.6. The number of hydrogen-bond donors (Lipinski definition) is 0. The number of hydroxylamine groups is 1.